The zero-order valence-electron chi connectivity index (χ0n) is 14.3. The lowest BCUT2D eigenvalue weighted by Gasteiger charge is -2.06. The minimum Gasteiger partial charge on any atom is -0.459 e. The highest BCUT2D eigenvalue weighted by molar-refractivity contribution is 6.04. The van der Waals surface area contributed by atoms with Gasteiger partial charge in [0.15, 0.2) is 11.5 Å². The van der Waals surface area contributed by atoms with Gasteiger partial charge in [-0.2, -0.15) is 5.10 Å². The average molecular weight is 351 g/mol. The Balaban J connectivity index is 1.69. The van der Waals surface area contributed by atoms with Crippen LogP contribution in [-0.4, -0.2) is 17.5 Å². The number of nitrogens with zero attached hydrogens (tertiary/aromatic N) is 1. The zero-order valence-corrected chi connectivity index (χ0v) is 14.3. The lowest BCUT2D eigenvalue weighted by Crippen LogP contribution is -2.18. The van der Waals surface area contributed by atoms with Crippen molar-refractivity contribution in [3.05, 3.63) is 77.6 Å². The SMILES string of the molecule is C/C(=N/NC(=O)c1ccco1)c1cccc(NC(=O)c2ccc(C)o2)c1. The van der Waals surface area contributed by atoms with Gasteiger partial charge in [-0.15, -0.1) is 0 Å². The summed E-state index contributed by atoms with van der Waals surface area (Å²) >= 11 is 0. The van der Waals surface area contributed by atoms with Gasteiger partial charge >= 0.3 is 5.91 Å². The molecular weight excluding hydrogens is 334 g/mol. The monoisotopic (exact) mass is 351 g/mol. The van der Waals surface area contributed by atoms with E-state index in [1.165, 1.54) is 6.26 Å². The number of furan rings is 2. The predicted molar refractivity (Wildman–Crippen MR) is 96.2 cm³/mol. The van der Waals surface area contributed by atoms with Crippen molar-refractivity contribution in [1.82, 2.24) is 5.43 Å². The first-order valence-corrected chi connectivity index (χ1v) is 7.89. The molecule has 0 radical (unpaired) electrons. The smallest absolute Gasteiger partial charge is 0.307 e. The van der Waals surface area contributed by atoms with Gasteiger partial charge in [0.1, 0.15) is 5.76 Å². The second kappa shape index (κ2) is 7.52. The van der Waals surface area contributed by atoms with Gasteiger partial charge < -0.3 is 14.2 Å². The second-order valence-electron chi connectivity index (χ2n) is 5.56. The maximum atomic E-state index is 12.2. The summed E-state index contributed by atoms with van der Waals surface area (Å²) < 4.78 is 10.3. The number of anilines is 1. The Kier molecular flexibility index (Phi) is 4.98. The average Bonchev–Trinajstić information content (AvgIpc) is 3.31. The molecule has 0 atom stereocenters. The van der Waals surface area contributed by atoms with Crippen LogP contribution in [-0.2, 0) is 0 Å². The Bertz CT molecular complexity index is 955. The fourth-order valence-corrected chi connectivity index (χ4v) is 2.23. The number of amides is 2. The third kappa shape index (κ3) is 4.07. The molecule has 2 N–H and O–H groups in total. The molecular formula is C19H17N3O4. The van der Waals surface area contributed by atoms with Gasteiger partial charge in [-0.05, 0) is 55.8 Å². The molecule has 0 unspecified atom stereocenters. The predicted octanol–water partition coefficient (Wildman–Crippen LogP) is 3.59. The Morgan fingerprint density at radius 3 is 2.54 bits per heavy atom. The molecule has 3 aromatic rings. The van der Waals surface area contributed by atoms with E-state index >= 15 is 0 Å². The van der Waals surface area contributed by atoms with E-state index in [2.05, 4.69) is 15.8 Å². The van der Waals surface area contributed by atoms with Crippen molar-refractivity contribution in [1.29, 1.82) is 0 Å². The highest BCUT2D eigenvalue weighted by atomic mass is 16.4. The number of carbonyl (C=O) groups is 2. The number of benzene rings is 1. The minimum atomic E-state index is -0.438. The first-order chi connectivity index (χ1) is 12.5. The minimum absolute atomic E-state index is 0.177. The van der Waals surface area contributed by atoms with Crippen molar-refractivity contribution < 1.29 is 18.4 Å². The molecule has 0 aliphatic heterocycles. The van der Waals surface area contributed by atoms with Crippen LogP contribution in [0.1, 0.15) is 39.4 Å². The van der Waals surface area contributed by atoms with Crippen LogP contribution in [0.2, 0.25) is 0 Å². The topological polar surface area (TPSA) is 96.8 Å². The van der Waals surface area contributed by atoms with Crippen LogP contribution in [0.5, 0.6) is 0 Å². The molecule has 2 heterocycles. The van der Waals surface area contributed by atoms with Crippen molar-refractivity contribution >= 4 is 23.2 Å². The number of rotatable bonds is 5. The molecule has 0 bridgehead atoms. The van der Waals surface area contributed by atoms with Gasteiger partial charge in [0.25, 0.3) is 5.91 Å². The molecule has 0 spiro atoms. The molecule has 2 aromatic heterocycles. The van der Waals surface area contributed by atoms with E-state index in [1.807, 2.05) is 6.07 Å². The van der Waals surface area contributed by atoms with Crippen molar-refractivity contribution in [2.75, 3.05) is 5.32 Å². The maximum absolute atomic E-state index is 12.2. The summed E-state index contributed by atoms with van der Waals surface area (Å²) in [7, 11) is 0. The van der Waals surface area contributed by atoms with Crippen LogP contribution in [0, 0.1) is 6.92 Å². The quantitative estimate of drug-likeness (QED) is 0.542. The molecule has 1 aromatic carbocycles. The third-order valence-electron chi connectivity index (χ3n) is 3.57. The summed E-state index contributed by atoms with van der Waals surface area (Å²) in [6.45, 7) is 3.52. The maximum Gasteiger partial charge on any atom is 0.307 e. The zero-order chi connectivity index (χ0) is 18.5. The molecule has 7 heteroatoms. The molecule has 0 fully saturated rings. The lowest BCUT2D eigenvalue weighted by molar-refractivity contribution is 0.0926. The van der Waals surface area contributed by atoms with Crippen LogP contribution in [0.4, 0.5) is 5.69 Å². The fraction of sp³-hybridized carbons (Fsp3) is 0.105. The molecule has 0 aliphatic rings. The number of hydrogen-bond donors (Lipinski definition) is 2. The van der Waals surface area contributed by atoms with Gasteiger partial charge in [0.2, 0.25) is 0 Å². The number of hydrazone groups is 1. The van der Waals surface area contributed by atoms with Crippen LogP contribution in [0.25, 0.3) is 0 Å². The molecule has 0 saturated carbocycles. The van der Waals surface area contributed by atoms with E-state index in [-0.39, 0.29) is 17.4 Å². The fourth-order valence-electron chi connectivity index (χ4n) is 2.23. The largest absolute Gasteiger partial charge is 0.459 e. The van der Waals surface area contributed by atoms with E-state index < -0.39 is 5.91 Å². The van der Waals surface area contributed by atoms with Crippen LogP contribution in [0.3, 0.4) is 0 Å². The number of nitrogens with one attached hydrogen (secondary N) is 2. The Labute approximate surface area is 149 Å². The van der Waals surface area contributed by atoms with E-state index in [4.69, 9.17) is 8.83 Å². The molecule has 26 heavy (non-hydrogen) atoms. The van der Waals surface area contributed by atoms with E-state index in [9.17, 15) is 9.59 Å². The molecule has 3 rings (SSSR count). The van der Waals surface area contributed by atoms with E-state index in [0.29, 0.717) is 17.2 Å². The first kappa shape index (κ1) is 17.2. The molecule has 7 nitrogen and oxygen atoms in total. The van der Waals surface area contributed by atoms with Crippen molar-refractivity contribution in [3.8, 4) is 0 Å². The van der Waals surface area contributed by atoms with Crippen LogP contribution < -0.4 is 10.7 Å². The summed E-state index contributed by atoms with van der Waals surface area (Å²) in [5, 5.41) is 6.82. The summed E-state index contributed by atoms with van der Waals surface area (Å²) in [5.74, 6) is 0.308. The molecule has 0 aliphatic carbocycles. The molecule has 132 valence electrons. The van der Waals surface area contributed by atoms with Crippen LogP contribution in [0.15, 0.2) is 68.7 Å². The van der Waals surface area contributed by atoms with Gasteiger partial charge in [-0.1, -0.05) is 12.1 Å². The summed E-state index contributed by atoms with van der Waals surface area (Å²) in [4.78, 5) is 24.0. The van der Waals surface area contributed by atoms with Crippen LogP contribution >= 0.6 is 0 Å². The Morgan fingerprint density at radius 2 is 1.85 bits per heavy atom. The normalized spacial score (nSPS) is 11.2. The number of aryl methyl sites for hydroxylation is 1. The number of carbonyl (C=O) groups excluding carboxylic acids is 2. The molecule has 2 amide bonds. The highest BCUT2D eigenvalue weighted by Crippen LogP contribution is 2.14. The lowest BCUT2D eigenvalue weighted by atomic mass is 10.1. The number of hydrogen-bond acceptors (Lipinski definition) is 5. The van der Waals surface area contributed by atoms with Crippen molar-refractivity contribution in [2.24, 2.45) is 5.10 Å². The Hall–Kier alpha value is -3.61. The first-order valence-electron chi connectivity index (χ1n) is 7.89. The standard InChI is InChI=1S/C19H17N3O4/c1-12-8-9-17(26-12)18(23)20-15-6-3-5-14(11-15)13(2)21-22-19(24)16-7-4-10-25-16/h3-11H,1-2H3,(H,20,23)(H,22,24)/b21-13-. The van der Waals surface area contributed by atoms with E-state index in [0.717, 1.165) is 5.56 Å². The van der Waals surface area contributed by atoms with Crippen molar-refractivity contribution in [3.63, 3.8) is 0 Å². The van der Waals surface area contributed by atoms with Gasteiger partial charge in [0.05, 0.1) is 12.0 Å². The van der Waals surface area contributed by atoms with Crippen molar-refractivity contribution in [2.45, 2.75) is 13.8 Å². The third-order valence-corrected chi connectivity index (χ3v) is 3.57. The summed E-state index contributed by atoms with van der Waals surface area (Å²) in [6.07, 6.45) is 1.41. The highest BCUT2D eigenvalue weighted by Gasteiger charge is 2.11. The second-order valence-corrected chi connectivity index (χ2v) is 5.56. The van der Waals surface area contributed by atoms with Gasteiger partial charge in [-0.25, -0.2) is 5.43 Å². The van der Waals surface area contributed by atoms with Gasteiger partial charge in [-0.3, -0.25) is 9.59 Å². The Morgan fingerprint density at radius 1 is 1.00 bits per heavy atom. The molecule has 0 saturated heterocycles. The van der Waals surface area contributed by atoms with Gasteiger partial charge in [0, 0.05) is 5.69 Å². The van der Waals surface area contributed by atoms with E-state index in [1.54, 1.807) is 56.3 Å². The summed E-state index contributed by atoms with van der Waals surface area (Å²) in [6, 6.07) is 13.6. The summed E-state index contributed by atoms with van der Waals surface area (Å²) in [5.41, 5.74) is 4.34.